The molecule has 0 bridgehead atoms. The number of aliphatic hydroxyl groups excluding tert-OH is 1. The van der Waals surface area contributed by atoms with Crippen LogP contribution in [0.1, 0.15) is 25.7 Å². The molecule has 2 rings (SSSR count). The topological polar surface area (TPSA) is 32.3 Å². The summed E-state index contributed by atoms with van der Waals surface area (Å²) in [5.74, 6) is -1.21. The van der Waals surface area contributed by atoms with Crippen LogP contribution in [0.2, 0.25) is 0 Å². The molecular formula is C12H15F2NO. The molecule has 1 fully saturated rings. The van der Waals surface area contributed by atoms with Crippen LogP contribution in [-0.2, 0) is 0 Å². The fourth-order valence-corrected chi connectivity index (χ4v) is 2.13. The molecule has 0 amide bonds. The van der Waals surface area contributed by atoms with E-state index in [0.29, 0.717) is 5.69 Å². The van der Waals surface area contributed by atoms with Gasteiger partial charge in [0.25, 0.3) is 0 Å². The summed E-state index contributed by atoms with van der Waals surface area (Å²) >= 11 is 0. The van der Waals surface area contributed by atoms with Gasteiger partial charge in [-0.2, -0.15) is 0 Å². The predicted octanol–water partition coefficient (Wildman–Crippen LogP) is 2.68. The van der Waals surface area contributed by atoms with Gasteiger partial charge in [-0.05, 0) is 25.0 Å². The van der Waals surface area contributed by atoms with Gasteiger partial charge in [0.1, 0.15) is 11.6 Å². The quantitative estimate of drug-likeness (QED) is 0.814. The van der Waals surface area contributed by atoms with E-state index in [4.69, 9.17) is 0 Å². The standard InChI is InChI=1S/C12H15F2NO/c13-8-5-9(14)7-10(6-8)15-11-3-1-2-4-12(11)16/h5-7,11-12,15-16H,1-4H2/t11-,12-/m1/s1. The molecule has 0 radical (unpaired) electrons. The highest BCUT2D eigenvalue weighted by molar-refractivity contribution is 5.44. The first-order valence-corrected chi connectivity index (χ1v) is 5.56. The SMILES string of the molecule is O[C@@H]1CCCC[C@H]1Nc1cc(F)cc(F)c1. The van der Waals surface area contributed by atoms with E-state index in [1.807, 2.05) is 0 Å². The summed E-state index contributed by atoms with van der Waals surface area (Å²) in [6.45, 7) is 0. The predicted molar refractivity (Wildman–Crippen MR) is 58.2 cm³/mol. The maximum absolute atomic E-state index is 12.9. The smallest absolute Gasteiger partial charge is 0.128 e. The second-order valence-electron chi connectivity index (χ2n) is 4.26. The summed E-state index contributed by atoms with van der Waals surface area (Å²) in [6.07, 6.45) is 3.19. The number of anilines is 1. The Balaban J connectivity index is 2.07. The van der Waals surface area contributed by atoms with Crippen LogP contribution in [0.4, 0.5) is 14.5 Å². The molecule has 0 unspecified atom stereocenters. The Bertz CT molecular complexity index is 350. The van der Waals surface area contributed by atoms with E-state index in [0.717, 1.165) is 31.7 Å². The van der Waals surface area contributed by atoms with Crippen LogP contribution >= 0.6 is 0 Å². The molecule has 1 aliphatic carbocycles. The maximum atomic E-state index is 12.9. The summed E-state index contributed by atoms with van der Waals surface area (Å²) in [5.41, 5.74) is 0.392. The lowest BCUT2D eigenvalue weighted by atomic mass is 9.92. The van der Waals surface area contributed by atoms with E-state index >= 15 is 0 Å². The van der Waals surface area contributed by atoms with Crippen molar-refractivity contribution in [2.24, 2.45) is 0 Å². The van der Waals surface area contributed by atoms with Crippen molar-refractivity contribution in [3.05, 3.63) is 29.8 Å². The minimum absolute atomic E-state index is 0.102. The van der Waals surface area contributed by atoms with Gasteiger partial charge in [-0.1, -0.05) is 12.8 Å². The van der Waals surface area contributed by atoms with Crippen LogP contribution in [0.5, 0.6) is 0 Å². The minimum Gasteiger partial charge on any atom is -0.391 e. The minimum atomic E-state index is -0.604. The summed E-state index contributed by atoms with van der Waals surface area (Å²) in [7, 11) is 0. The fraction of sp³-hybridized carbons (Fsp3) is 0.500. The molecule has 0 spiro atoms. The zero-order valence-corrected chi connectivity index (χ0v) is 8.92. The van der Waals surface area contributed by atoms with Crippen LogP contribution < -0.4 is 5.32 Å². The molecule has 4 heteroatoms. The average molecular weight is 227 g/mol. The number of aliphatic hydroxyl groups is 1. The lowest BCUT2D eigenvalue weighted by Gasteiger charge is -2.29. The largest absolute Gasteiger partial charge is 0.391 e. The van der Waals surface area contributed by atoms with Gasteiger partial charge in [0.05, 0.1) is 12.1 Å². The van der Waals surface area contributed by atoms with E-state index in [9.17, 15) is 13.9 Å². The van der Waals surface area contributed by atoms with E-state index in [1.165, 1.54) is 12.1 Å². The van der Waals surface area contributed by atoms with Crippen molar-refractivity contribution in [3.63, 3.8) is 0 Å². The Morgan fingerprint density at radius 3 is 2.31 bits per heavy atom. The summed E-state index contributed by atoms with van der Waals surface area (Å²) in [5, 5.41) is 12.7. The van der Waals surface area contributed by atoms with Gasteiger partial charge >= 0.3 is 0 Å². The molecule has 2 nitrogen and oxygen atoms in total. The third-order valence-corrected chi connectivity index (χ3v) is 2.94. The van der Waals surface area contributed by atoms with Gasteiger partial charge in [0, 0.05) is 11.8 Å². The summed E-state index contributed by atoms with van der Waals surface area (Å²) in [4.78, 5) is 0. The lowest BCUT2D eigenvalue weighted by Crippen LogP contribution is -2.36. The van der Waals surface area contributed by atoms with E-state index < -0.39 is 17.7 Å². The van der Waals surface area contributed by atoms with E-state index in [-0.39, 0.29) is 6.04 Å². The molecule has 1 saturated carbocycles. The molecule has 0 heterocycles. The van der Waals surface area contributed by atoms with Crippen molar-refractivity contribution in [2.75, 3.05) is 5.32 Å². The molecule has 16 heavy (non-hydrogen) atoms. The molecular weight excluding hydrogens is 212 g/mol. The first kappa shape index (κ1) is 11.3. The Hall–Kier alpha value is -1.16. The Kier molecular flexibility index (Phi) is 3.39. The molecule has 1 aliphatic rings. The zero-order valence-electron chi connectivity index (χ0n) is 8.92. The summed E-state index contributed by atoms with van der Waals surface area (Å²) < 4.78 is 25.9. The number of halogens is 2. The van der Waals surface area contributed by atoms with Crippen molar-refractivity contribution in [3.8, 4) is 0 Å². The van der Waals surface area contributed by atoms with Crippen molar-refractivity contribution in [1.82, 2.24) is 0 Å². The number of rotatable bonds is 2. The molecule has 0 aromatic heterocycles. The van der Waals surface area contributed by atoms with Gasteiger partial charge in [-0.15, -0.1) is 0 Å². The summed E-state index contributed by atoms with van der Waals surface area (Å²) in [6, 6.07) is 3.21. The zero-order chi connectivity index (χ0) is 11.5. The second kappa shape index (κ2) is 4.78. The van der Waals surface area contributed by atoms with Gasteiger partial charge in [0.2, 0.25) is 0 Å². The number of hydrogen-bond acceptors (Lipinski definition) is 2. The molecule has 0 aliphatic heterocycles. The van der Waals surface area contributed by atoms with Crippen molar-refractivity contribution >= 4 is 5.69 Å². The van der Waals surface area contributed by atoms with Crippen molar-refractivity contribution < 1.29 is 13.9 Å². The lowest BCUT2D eigenvalue weighted by molar-refractivity contribution is 0.116. The normalized spacial score (nSPS) is 25.4. The monoisotopic (exact) mass is 227 g/mol. The van der Waals surface area contributed by atoms with Crippen LogP contribution in [0.3, 0.4) is 0 Å². The average Bonchev–Trinajstić information content (AvgIpc) is 2.20. The van der Waals surface area contributed by atoms with Crippen LogP contribution in [-0.4, -0.2) is 17.3 Å². The fourth-order valence-electron chi connectivity index (χ4n) is 2.13. The highest BCUT2D eigenvalue weighted by Gasteiger charge is 2.22. The van der Waals surface area contributed by atoms with Crippen molar-refractivity contribution in [1.29, 1.82) is 0 Å². The van der Waals surface area contributed by atoms with Gasteiger partial charge < -0.3 is 10.4 Å². The van der Waals surface area contributed by atoms with E-state index in [1.54, 1.807) is 0 Å². The van der Waals surface area contributed by atoms with Crippen LogP contribution in [0, 0.1) is 11.6 Å². The molecule has 2 atom stereocenters. The highest BCUT2D eigenvalue weighted by atomic mass is 19.1. The highest BCUT2D eigenvalue weighted by Crippen LogP contribution is 2.23. The van der Waals surface area contributed by atoms with Gasteiger partial charge in [0.15, 0.2) is 0 Å². The molecule has 0 saturated heterocycles. The Morgan fingerprint density at radius 2 is 1.69 bits per heavy atom. The molecule has 1 aromatic carbocycles. The third-order valence-electron chi connectivity index (χ3n) is 2.94. The van der Waals surface area contributed by atoms with E-state index in [2.05, 4.69) is 5.32 Å². The maximum Gasteiger partial charge on any atom is 0.128 e. The van der Waals surface area contributed by atoms with Gasteiger partial charge in [-0.3, -0.25) is 0 Å². The van der Waals surface area contributed by atoms with Gasteiger partial charge in [-0.25, -0.2) is 8.78 Å². The Labute approximate surface area is 93.3 Å². The van der Waals surface area contributed by atoms with Crippen molar-refractivity contribution in [2.45, 2.75) is 37.8 Å². The molecule has 1 aromatic rings. The number of nitrogens with one attached hydrogen (secondary N) is 1. The number of benzene rings is 1. The Morgan fingerprint density at radius 1 is 1.06 bits per heavy atom. The molecule has 88 valence electrons. The third kappa shape index (κ3) is 2.70. The van der Waals surface area contributed by atoms with Crippen LogP contribution in [0.15, 0.2) is 18.2 Å². The van der Waals surface area contributed by atoms with Crippen LogP contribution in [0.25, 0.3) is 0 Å². The number of hydrogen-bond donors (Lipinski definition) is 2. The first-order chi connectivity index (χ1) is 7.65. The first-order valence-electron chi connectivity index (χ1n) is 5.56. The molecule has 2 N–H and O–H groups in total. The second-order valence-corrected chi connectivity index (χ2v) is 4.26.